The first-order valence-electron chi connectivity index (χ1n) is 9.03. The number of hydrazone groups is 1. The molecule has 2 aromatic carbocycles. The van der Waals surface area contributed by atoms with Crippen molar-refractivity contribution in [2.75, 3.05) is 5.32 Å². The van der Waals surface area contributed by atoms with Crippen LogP contribution in [0.15, 0.2) is 35.4 Å². The van der Waals surface area contributed by atoms with Crippen molar-refractivity contribution in [1.82, 2.24) is 5.43 Å². The van der Waals surface area contributed by atoms with Crippen LogP contribution >= 0.6 is 0 Å². The smallest absolute Gasteiger partial charge is 0.240 e. The molecule has 2 aromatic rings. The van der Waals surface area contributed by atoms with Crippen LogP contribution in [0.3, 0.4) is 0 Å². The first-order valence-corrected chi connectivity index (χ1v) is 9.03. The van der Waals surface area contributed by atoms with Crippen molar-refractivity contribution in [3.05, 3.63) is 63.7 Å². The topological polar surface area (TPSA) is 70.6 Å². The van der Waals surface area contributed by atoms with E-state index in [4.69, 9.17) is 0 Å². The summed E-state index contributed by atoms with van der Waals surface area (Å²) in [5.74, 6) is -0.476. The van der Waals surface area contributed by atoms with Gasteiger partial charge in [0.05, 0.1) is 6.21 Å². The summed E-state index contributed by atoms with van der Waals surface area (Å²) in [7, 11) is 0. The Balaban J connectivity index is 1.83. The number of nitrogens with zero attached hydrogens (tertiary/aromatic N) is 1. The van der Waals surface area contributed by atoms with E-state index >= 15 is 0 Å². The summed E-state index contributed by atoms with van der Waals surface area (Å²) in [5.41, 5.74) is 9.81. The number of carbonyl (C=O) groups excluding carboxylic acids is 2. The van der Waals surface area contributed by atoms with Gasteiger partial charge in [0.2, 0.25) is 11.8 Å². The fourth-order valence-corrected chi connectivity index (χ4v) is 3.01. The molecule has 0 aliphatic rings. The van der Waals surface area contributed by atoms with Gasteiger partial charge in [-0.1, -0.05) is 35.4 Å². The molecule has 0 aromatic heterocycles. The van der Waals surface area contributed by atoms with E-state index in [0.29, 0.717) is 0 Å². The second kappa shape index (κ2) is 9.12. The second-order valence-corrected chi connectivity index (χ2v) is 6.97. The lowest BCUT2D eigenvalue weighted by molar-refractivity contribution is -0.124. The van der Waals surface area contributed by atoms with Gasteiger partial charge < -0.3 is 5.32 Å². The Morgan fingerprint density at radius 3 is 2.07 bits per heavy atom. The number of benzene rings is 2. The third-order valence-corrected chi connectivity index (χ3v) is 4.36. The van der Waals surface area contributed by atoms with Crippen molar-refractivity contribution in [3.8, 4) is 0 Å². The quantitative estimate of drug-likeness (QED) is 0.598. The van der Waals surface area contributed by atoms with Crippen molar-refractivity contribution in [1.29, 1.82) is 0 Å². The molecule has 0 radical (unpaired) electrons. The number of aryl methyl sites for hydroxylation is 5. The first kappa shape index (κ1) is 20.4. The predicted octanol–water partition coefficient (Wildman–Crippen LogP) is 4.10. The summed E-state index contributed by atoms with van der Waals surface area (Å²) in [6, 6.07) is 9.98. The van der Waals surface area contributed by atoms with E-state index < -0.39 is 0 Å². The van der Waals surface area contributed by atoms with E-state index in [1.165, 1.54) is 5.56 Å². The van der Waals surface area contributed by atoms with Crippen LogP contribution in [-0.2, 0) is 9.59 Å². The lowest BCUT2D eigenvalue weighted by atomic mass is 10.0. The molecule has 27 heavy (non-hydrogen) atoms. The van der Waals surface area contributed by atoms with Gasteiger partial charge >= 0.3 is 0 Å². The second-order valence-electron chi connectivity index (χ2n) is 6.97. The van der Waals surface area contributed by atoms with Crippen LogP contribution in [0.4, 0.5) is 5.69 Å². The van der Waals surface area contributed by atoms with Crippen LogP contribution < -0.4 is 10.7 Å². The van der Waals surface area contributed by atoms with Crippen LogP contribution in [0.25, 0.3) is 0 Å². The maximum Gasteiger partial charge on any atom is 0.240 e. The lowest BCUT2D eigenvalue weighted by Gasteiger charge is -2.09. The maximum absolute atomic E-state index is 12.0. The molecule has 0 unspecified atom stereocenters. The van der Waals surface area contributed by atoms with Crippen molar-refractivity contribution < 1.29 is 9.59 Å². The minimum absolute atomic E-state index is 0.0833. The molecule has 142 valence electrons. The van der Waals surface area contributed by atoms with Gasteiger partial charge in [-0.2, -0.15) is 5.10 Å². The fraction of sp³-hybridized carbons (Fsp3) is 0.318. The Morgan fingerprint density at radius 2 is 1.44 bits per heavy atom. The number of nitrogens with one attached hydrogen (secondary N) is 2. The predicted molar refractivity (Wildman–Crippen MR) is 110 cm³/mol. The molecule has 0 fully saturated rings. The molecule has 0 heterocycles. The number of carbonyl (C=O) groups is 2. The number of anilines is 1. The van der Waals surface area contributed by atoms with Crippen molar-refractivity contribution in [2.45, 2.75) is 47.5 Å². The molecule has 0 spiro atoms. The maximum atomic E-state index is 12.0. The Morgan fingerprint density at radius 1 is 0.852 bits per heavy atom. The van der Waals surface area contributed by atoms with Gasteiger partial charge in [0.15, 0.2) is 0 Å². The molecule has 2 N–H and O–H groups in total. The van der Waals surface area contributed by atoms with Gasteiger partial charge in [0, 0.05) is 24.1 Å². The molecule has 0 aliphatic heterocycles. The minimum Gasteiger partial charge on any atom is -0.326 e. The molecule has 0 saturated heterocycles. The normalized spacial score (nSPS) is 10.9. The fourth-order valence-electron chi connectivity index (χ4n) is 3.01. The highest BCUT2D eigenvalue weighted by Gasteiger charge is 2.08. The molecular formula is C22H27N3O2. The van der Waals surface area contributed by atoms with Crippen molar-refractivity contribution in [3.63, 3.8) is 0 Å². The number of rotatable bonds is 6. The largest absolute Gasteiger partial charge is 0.326 e. The van der Waals surface area contributed by atoms with Gasteiger partial charge in [-0.3, -0.25) is 9.59 Å². The van der Waals surface area contributed by atoms with Gasteiger partial charge in [-0.05, 0) is 57.4 Å². The average Bonchev–Trinajstić information content (AvgIpc) is 2.58. The van der Waals surface area contributed by atoms with Crippen LogP contribution in [0.2, 0.25) is 0 Å². The molecule has 5 heteroatoms. The zero-order chi connectivity index (χ0) is 20.0. The molecule has 0 bridgehead atoms. The molecule has 2 amide bonds. The molecule has 2 rings (SSSR count). The zero-order valence-corrected chi connectivity index (χ0v) is 16.6. The summed E-state index contributed by atoms with van der Waals surface area (Å²) >= 11 is 0. The SMILES string of the molecule is Cc1ccc(NC(=O)CCC(=O)N/N=C\c2c(C)cc(C)cc2C)c(C)c1. The monoisotopic (exact) mass is 365 g/mol. The summed E-state index contributed by atoms with van der Waals surface area (Å²) in [5, 5.41) is 6.86. The standard InChI is InChI=1S/C22H27N3O2/c1-14-6-7-20(18(5)10-14)24-21(26)8-9-22(27)25-23-13-19-16(3)11-15(2)12-17(19)4/h6-7,10-13H,8-9H2,1-5H3,(H,24,26)(H,25,27)/b23-13-. The Kier molecular flexibility index (Phi) is 6.88. The molecule has 0 aliphatic carbocycles. The minimum atomic E-state index is -0.288. The van der Waals surface area contributed by atoms with Gasteiger partial charge in [0.1, 0.15) is 0 Å². The number of amides is 2. The van der Waals surface area contributed by atoms with E-state index in [0.717, 1.165) is 33.5 Å². The van der Waals surface area contributed by atoms with Gasteiger partial charge in [-0.15, -0.1) is 0 Å². The molecule has 0 saturated carbocycles. The van der Waals surface area contributed by atoms with Gasteiger partial charge in [0.25, 0.3) is 0 Å². The highest BCUT2D eigenvalue weighted by molar-refractivity contribution is 5.94. The van der Waals surface area contributed by atoms with E-state index in [2.05, 4.69) is 28.0 Å². The van der Waals surface area contributed by atoms with Crippen molar-refractivity contribution >= 4 is 23.7 Å². The van der Waals surface area contributed by atoms with Crippen molar-refractivity contribution in [2.24, 2.45) is 5.10 Å². The highest BCUT2D eigenvalue weighted by Crippen LogP contribution is 2.16. The van der Waals surface area contributed by atoms with Gasteiger partial charge in [-0.25, -0.2) is 5.43 Å². The summed E-state index contributed by atoms with van der Waals surface area (Å²) < 4.78 is 0. The third-order valence-electron chi connectivity index (χ3n) is 4.36. The first-order chi connectivity index (χ1) is 12.8. The molecular weight excluding hydrogens is 338 g/mol. The summed E-state index contributed by atoms with van der Waals surface area (Å²) in [6.45, 7) is 10.0. The van der Waals surface area contributed by atoms with E-state index in [1.807, 2.05) is 52.8 Å². The Hall–Kier alpha value is -2.95. The summed E-state index contributed by atoms with van der Waals surface area (Å²) in [4.78, 5) is 24.0. The van der Waals surface area contributed by atoms with Crippen LogP contribution in [0.1, 0.15) is 46.2 Å². The summed E-state index contributed by atoms with van der Waals surface area (Å²) in [6.07, 6.45) is 1.84. The Labute approximate surface area is 160 Å². The van der Waals surface area contributed by atoms with Crippen LogP contribution in [0, 0.1) is 34.6 Å². The Bertz CT molecular complexity index is 862. The lowest BCUT2D eigenvalue weighted by Crippen LogP contribution is -2.21. The molecule has 0 atom stereocenters. The van der Waals surface area contributed by atoms with E-state index in [9.17, 15) is 9.59 Å². The average molecular weight is 365 g/mol. The number of hydrogen-bond acceptors (Lipinski definition) is 3. The van der Waals surface area contributed by atoms with E-state index in [1.54, 1.807) is 6.21 Å². The van der Waals surface area contributed by atoms with E-state index in [-0.39, 0.29) is 24.7 Å². The zero-order valence-electron chi connectivity index (χ0n) is 16.6. The highest BCUT2D eigenvalue weighted by atomic mass is 16.2. The third kappa shape index (κ3) is 6.06. The molecule has 5 nitrogen and oxygen atoms in total. The van der Waals surface area contributed by atoms with Crippen LogP contribution in [0.5, 0.6) is 0 Å². The van der Waals surface area contributed by atoms with Crippen LogP contribution in [-0.4, -0.2) is 18.0 Å². The number of hydrogen-bond donors (Lipinski definition) is 2.